The molecule has 3 amide bonds. The summed E-state index contributed by atoms with van der Waals surface area (Å²) < 4.78 is 5.11. The van der Waals surface area contributed by atoms with Gasteiger partial charge in [-0.25, -0.2) is 4.79 Å². The largest absolute Gasteiger partial charge is 0.444 e. The van der Waals surface area contributed by atoms with E-state index in [0.717, 1.165) is 38.8 Å². The zero-order chi connectivity index (χ0) is 19.6. The van der Waals surface area contributed by atoms with Crippen molar-refractivity contribution in [1.29, 1.82) is 0 Å². The van der Waals surface area contributed by atoms with Crippen molar-refractivity contribution >= 4 is 17.9 Å². The molecular weight excluding hydrogens is 334 g/mol. The molecular formula is C19H35N3O4. The monoisotopic (exact) mass is 369 g/mol. The molecule has 0 aliphatic carbocycles. The van der Waals surface area contributed by atoms with Crippen molar-refractivity contribution < 1.29 is 19.1 Å². The molecule has 1 aliphatic rings. The standard InChI is InChI=1S/C19H35N3O4/c1-5-6-7-17(24)22-12-9-15(10-13-22)14-21-16(23)8-11-20-18(25)26-19(2,3)4/h15H,5-14H2,1-4H3,(H,20,25)(H,21,23). The van der Waals surface area contributed by atoms with Gasteiger partial charge in [0.2, 0.25) is 11.8 Å². The number of nitrogens with one attached hydrogen (secondary N) is 2. The Labute approximate surface area is 157 Å². The van der Waals surface area contributed by atoms with E-state index in [0.29, 0.717) is 18.9 Å². The Balaban J connectivity index is 2.13. The SMILES string of the molecule is CCCCC(=O)N1CCC(CNC(=O)CCNC(=O)OC(C)(C)C)CC1. The first-order chi connectivity index (χ1) is 12.2. The molecule has 7 nitrogen and oxygen atoms in total. The molecule has 1 heterocycles. The van der Waals surface area contributed by atoms with Crippen LogP contribution in [0, 0.1) is 5.92 Å². The topological polar surface area (TPSA) is 87.7 Å². The van der Waals surface area contributed by atoms with Gasteiger partial charge in [0.05, 0.1) is 0 Å². The Hall–Kier alpha value is -1.79. The summed E-state index contributed by atoms with van der Waals surface area (Å²) in [6.07, 6.45) is 4.20. The lowest BCUT2D eigenvalue weighted by atomic mass is 9.96. The quantitative estimate of drug-likeness (QED) is 0.688. The van der Waals surface area contributed by atoms with Crippen LogP contribution in [0.15, 0.2) is 0 Å². The number of alkyl carbamates (subject to hydrolysis) is 1. The van der Waals surface area contributed by atoms with Crippen molar-refractivity contribution in [3.63, 3.8) is 0 Å². The number of likely N-dealkylation sites (tertiary alicyclic amines) is 1. The predicted octanol–water partition coefficient (Wildman–Crippen LogP) is 2.45. The molecule has 0 radical (unpaired) electrons. The number of rotatable bonds is 8. The number of piperidine rings is 1. The molecule has 1 saturated heterocycles. The van der Waals surface area contributed by atoms with Crippen molar-refractivity contribution in [3.8, 4) is 0 Å². The molecule has 0 spiro atoms. The minimum atomic E-state index is -0.543. The fraction of sp³-hybridized carbons (Fsp3) is 0.842. The molecule has 0 unspecified atom stereocenters. The third-order valence-corrected chi connectivity index (χ3v) is 4.32. The van der Waals surface area contributed by atoms with Crippen molar-refractivity contribution in [3.05, 3.63) is 0 Å². The second kappa shape index (κ2) is 11.0. The zero-order valence-corrected chi connectivity index (χ0v) is 16.7. The van der Waals surface area contributed by atoms with E-state index in [9.17, 15) is 14.4 Å². The highest BCUT2D eigenvalue weighted by Crippen LogP contribution is 2.17. The fourth-order valence-corrected chi connectivity index (χ4v) is 2.81. The molecule has 0 atom stereocenters. The summed E-state index contributed by atoms with van der Waals surface area (Å²) in [6, 6.07) is 0. The molecule has 0 saturated carbocycles. The normalized spacial score (nSPS) is 15.5. The highest BCUT2D eigenvalue weighted by molar-refractivity contribution is 5.77. The summed E-state index contributed by atoms with van der Waals surface area (Å²) in [5.74, 6) is 0.582. The average Bonchev–Trinajstić information content (AvgIpc) is 2.56. The van der Waals surface area contributed by atoms with E-state index in [-0.39, 0.29) is 24.8 Å². The second-order valence-electron chi connectivity index (χ2n) is 7.91. The Bertz CT molecular complexity index is 466. The van der Waals surface area contributed by atoms with E-state index >= 15 is 0 Å². The van der Waals surface area contributed by atoms with Gasteiger partial charge in [0.25, 0.3) is 0 Å². The maximum absolute atomic E-state index is 12.0. The van der Waals surface area contributed by atoms with Crippen LogP contribution in [0.4, 0.5) is 4.79 Å². The summed E-state index contributed by atoms with van der Waals surface area (Å²) >= 11 is 0. The third-order valence-electron chi connectivity index (χ3n) is 4.32. The number of hydrogen-bond donors (Lipinski definition) is 2. The second-order valence-corrected chi connectivity index (χ2v) is 7.91. The van der Waals surface area contributed by atoms with Crippen molar-refractivity contribution in [2.45, 2.75) is 71.8 Å². The van der Waals surface area contributed by atoms with Crippen LogP contribution in [-0.4, -0.2) is 54.6 Å². The van der Waals surface area contributed by atoms with Gasteiger partial charge in [-0.3, -0.25) is 9.59 Å². The van der Waals surface area contributed by atoms with E-state index in [1.54, 1.807) is 20.8 Å². The maximum Gasteiger partial charge on any atom is 0.407 e. The lowest BCUT2D eigenvalue weighted by molar-refractivity contribution is -0.133. The molecule has 0 aromatic heterocycles. The van der Waals surface area contributed by atoms with E-state index in [1.165, 1.54) is 0 Å². The van der Waals surface area contributed by atoms with Crippen LogP contribution < -0.4 is 10.6 Å². The highest BCUT2D eigenvalue weighted by atomic mass is 16.6. The molecule has 7 heteroatoms. The van der Waals surface area contributed by atoms with Crippen LogP contribution in [0.5, 0.6) is 0 Å². The van der Waals surface area contributed by atoms with Crippen molar-refractivity contribution in [2.24, 2.45) is 5.92 Å². The highest BCUT2D eigenvalue weighted by Gasteiger charge is 2.22. The first-order valence-corrected chi connectivity index (χ1v) is 9.72. The van der Waals surface area contributed by atoms with E-state index in [4.69, 9.17) is 4.74 Å². The minimum absolute atomic E-state index is 0.0810. The molecule has 0 aromatic carbocycles. The minimum Gasteiger partial charge on any atom is -0.444 e. The van der Waals surface area contributed by atoms with Gasteiger partial charge in [0.1, 0.15) is 5.60 Å². The molecule has 2 N–H and O–H groups in total. The fourth-order valence-electron chi connectivity index (χ4n) is 2.81. The van der Waals surface area contributed by atoms with Crippen molar-refractivity contribution in [2.75, 3.05) is 26.2 Å². The smallest absolute Gasteiger partial charge is 0.407 e. The van der Waals surface area contributed by atoms with Crippen LogP contribution in [0.2, 0.25) is 0 Å². The predicted molar refractivity (Wildman–Crippen MR) is 101 cm³/mol. The molecule has 26 heavy (non-hydrogen) atoms. The number of nitrogens with zero attached hydrogens (tertiary/aromatic N) is 1. The Kier molecular flexibility index (Phi) is 9.44. The summed E-state index contributed by atoms with van der Waals surface area (Å²) in [5.41, 5.74) is -0.543. The first kappa shape index (κ1) is 22.3. The van der Waals surface area contributed by atoms with Crippen LogP contribution in [-0.2, 0) is 14.3 Å². The number of carbonyl (C=O) groups is 3. The van der Waals surface area contributed by atoms with Gasteiger partial charge in [-0.1, -0.05) is 13.3 Å². The molecule has 1 aliphatic heterocycles. The van der Waals surface area contributed by atoms with Crippen LogP contribution in [0.25, 0.3) is 0 Å². The molecule has 0 bridgehead atoms. The summed E-state index contributed by atoms with van der Waals surface area (Å²) in [7, 11) is 0. The van der Waals surface area contributed by atoms with E-state index in [2.05, 4.69) is 17.6 Å². The molecule has 150 valence electrons. The van der Waals surface area contributed by atoms with E-state index < -0.39 is 11.7 Å². The maximum atomic E-state index is 12.0. The molecule has 0 aromatic rings. The third kappa shape index (κ3) is 9.63. The number of amides is 3. The van der Waals surface area contributed by atoms with Gasteiger partial charge in [0.15, 0.2) is 0 Å². The van der Waals surface area contributed by atoms with Crippen LogP contribution in [0.3, 0.4) is 0 Å². The van der Waals surface area contributed by atoms with E-state index in [1.807, 2.05) is 4.90 Å². The average molecular weight is 370 g/mol. The zero-order valence-electron chi connectivity index (χ0n) is 16.7. The summed E-state index contributed by atoms with van der Waals surface area (Å²) in [5, 5.41) is 5.50. The van der Waals surface area contributed by atoms with Gasteiger partial charge in [-0.2, -0.15) is 0 Å². The summed E-state index contributed by atoms with van der Waals surface area (Å²) in [6.45, 7) is 9.91. The number of unbranched alkanes of at least 4 members (excludes halogenated alkanes) is 1. The number of ether oxygens (including phenoxy) is 1. The molecule has 1 fully saturated rings. The van der Waals surface area contributed by atoms with Crippen LogP contribution >= 0.6 is 0 Å². The number of hydrogen-bond acceptors (Lipinski definition) is 4. The Morgan fingerprint density at radius 3 is 2.31 bits per heavy atom. The van der Waals surface area contributed by atoms with Gasteiger partial charge < -0.3 is 20.3 Å². The lowest BCUT2D eigenvalue weighted by Crippen LogP contribution is -2.42. The lowest BCUT2D eigenvalue weighted by Gasteiger charge is -2.32. The van der Waals surface area contributed by atoms with Crippen LogP contribution in [0.1, 0.15) is 66.2 Å². The van der Waals surface area contributed by atoms with Gasteiger partial charge >= 0.3 is 6.09 Å². The molecule has 1 rings (SSSR count). The first-order valence-electron chi connectivity index (χ1n) is 9.72. The van der Waals surface area contributed by atoms with Crippen molar-refractivity contribution in [1.82, 2.24) is 15.5 Å². The van der Waals surface area contributed by atoms with Gasteiger partial charge in [0, 0.05) is 39.0 Å². The van der Waals surface area contributed by atoms with Gasteiger partial charge in [-0.05, 0) is 46.0 Å². The number of carbonyl (C=O) groups excluding carboxylic acids is 3. The Morgan fingerprint density at radius 2 is 1.73 bits per heavy atom. The Morgan fingerprint density at radius 1 is 1.08 bits per heavy atom. The van der Waals surface area contributed by atoms with Gasteiger partial charge in [-0.15, -0.1) is 0 Å². The summed E-state index contributed by atoms with van der Waals surface area (Å²) in [4.78, 5) is 37.3.